The fourth-order valence-electron chi connectivity index (χ4n) is 1.90. The van der Waals surface area contributed by atoms with Gasteiger partial charge in [0.2, 0.25) is 0 Å². The minimum Gasteiger partial charge on any atom is -0.329 e. The molecule has 0 spiro atoms. The van der Waals surface area contributed by atoms with E-state index in [1.165, 1.54) is 11.6 Å². The van der Waals surface area contributed by atoms with Gasteiger partial charge in [-0.3, -0.25) is 0 Å². The molecule has 3 heteroatoms. The maximum atomic E-state index is 5.64. The summed E-state index contributed by atoms with van der Waals surface area (Å²) in [7, 11) is -0.178. The topological polar surface area (TPSA) is 38.0 Å². The van der Waals surface area contributed by atoms with Gasteiger partial charge in [0, 0.05) is 22.1 Å². The summed E-state index contributed by atoms with van der Waals surface area (Å²) in [6, 6.07) is 12.4. The second-order valence-electron chi connectivity index (χ2n) is 5.15. The Morgan fingerprint density at radius 1 is 1.28 bits per heavy atom. The number of hydrogen-bond donors (Lipinski definition) is 2. The van der Waals surface area contributed by atoms with Crippen molar-refractivity contribution in [3.05, 3.63) is 49.1 Å². The summed E-state index contributed by atoms with van der Waals surface area (Å²) < 4.78 is 0. The largest absolute Gasteiger partial charge is 0.329 e. The van der Waals surface area contributed by atoms with Crippen molar-refractivity contribution in [3.8, 4) is 0 Å². The summed E-state index contributed by atoms with van der Waals surface area (Å²) in [4.78, 5) is 0. The van der Waals surface area contributed by atoms with Crippen LogP contribution in [0.4, 0.5) is 0 Å². The molecular formula is C15H28N2Si. The summed E-state index contributed by atoms with van der Waals surface area (Å²) in [5.41, 5.74) is 7.10. The minimum atomic E-state index is -0.178. The first-order valence-corrected chi connectivity index (χ1v) is 8.26. The van der Waals surface area contributed by atoms with Crippen LogP contribution in [-0.2, 0) is 6.04 Å². The molecule has 0 heterocycles. The van der Waals surface area contributed by atoms with Crippen molar-refractivity contribution in [1.82, 2.24) is 5.32 Å². The first-order chi connectivity index (χ1) is 8.53. The number of nitrogens with two attached hydrogens (primary N) is 1. The lowest BCUT2D eigenvalue weighted by Crippen LogP contribution is -2.52. The number of rotatable bonds is 6. The van der Waals surface area contributed by atoms with Gasteiger partial charge in [-0.15, -0.1) is 13.2 Å². The normalized spacial score (nSPS) is 13.1. The first kappa shape index (κ1) is 17.1. The lowest BCUT2D eigenvalue weighted by Gasteiger charge is -2.29. The Hall–Kier alpha value is -0.903. The molecule has 0 aliphatic rings. The van der Waals surface area contributed by atoms with Crippen LogP contribution < -0.4 is 11.1 Å². The van der Waals surface area contributed by atoms with Crippen molar-refractivity contribution in [3.63, 3.8) is 0 Å². The van der Waals surface area contributed by atoms with Crippen molar-refractivity contribution in [2.24, 2.45) is 5.73 Å². The van der Waals surface area contributed by atoms with Gasteiger partial charge in [-0.05, 0) is 18.1 Å². The molecule has 1 rings (SSSR count). The van der Waals surface area contributed by atoms with Crippen LogP contribution in [0.25, 0.3) is 0 Å². The zero-order valence-electron chi connectivity index (χ0n) is 12.1. The van der Waals surface area contributed by atoms with Crippen LogP contribution in [0.1, 0.15) is 26.3 Å². The predicted octanol–water partition coefficient (Wildman–Crippen LogP) is 1.83. The van der Waals surface area contributed by atoms with Gasteiger partial charge in [0.15, 0.2) is 0 Å². The highest BCUT2D eigenvalue weighted by Crippen LogP contribution is 2.06. The zero-order chi connectivity index (χ0) is 14.0. The third-order valence-electron chi connectivity index (χ3n) is 2.87. The van der Waals surface area contributed by atoms with Crippen molar-refractivity contribution in [2.75, 3.05) is 6.54 Å². The van der Waals surface area contributed by atoms with E-state index in [2.05, 4.69) is 69.6 Å². The van der Waals surface area contributed by atoms with E-state index in [0.29, 0.717) is 12.6 Å². The number of benzene rings is 1. The lowest BCUT2D eigenvalue weighted by atomic mass is 10.2. The Bertz CT molecular complexity index is 312. The Labute approximate surface area is 114 Å². The van der Waals surface area contributed by atoms with Gasteiger partial charge < -0.3 is 11.1 Å². The molecule has 18 heavy (non-hydrogen) atoms. The molecule has 1 atom stereocenters. The highest BCUT2D eigenvalue weighted by molar-refractivity contribution is 6.39. The molecule has 0 radical (unpaired) electrons. The third-order valence-corrected chi connectivity index (χ3v) is 5.15. The summed E-state index contributed by atoms with van der Waals surface area (Å²) >= 11 is 0. The molecule has 2 nitrogen and oxygen atoms in total. The zero-order valence-corrected chi connectivity index (χ0v) is 13.5. The van der Waals surface area contributed by atoms with Crippen molar-refractivity contribution < 1.29 is 0 Å². The summed E-state index contributed by atoms with van der Waals surface area (Å²) in [5.74, 6) is 0. The fraction of sp³-hybridized carbons (Fsp3) is 0.467. The molecule has 3 N–H and O–H groups in total. The van der Waals surface area contributed by atoms with Crippen LogP contribution >= 0.6 is 0 Å². The van der Waals surface area contributed by atoms with Crippen LogP contribution in [0.3, 0.4) is 0 Å². The smallest absolute Gasteiger partial charge is 0.0481 e. The van der Waals surface area contributed by atoms with Crippen LogP contribution in [0.2, 0.25) is 0 Å². The highest BCUT2D eigenvalue weighted by Gasteiger charge is 2.19. The van der Waals surface area contributed by atoms with Crippen LogP contribution in [0, 0.1) is 0 Å². The Balaban J connectivity index is 0.00000137. The molecule has 0 bridgehead atoms. The minimum absolute atomic E-state index is 0.178. The van der Waals surface area contributed by atoms with Crippen LogP contribution in [0.5, 0.6) is 0 Å². The van der Waals surface area contributed by atoms with E-state index in [1.807, 2.05) is 0 Å². The van der Waals surface area contributed by atoms with Gasteiger partial charge >= 0.3 is 0 Å². The Morgan fingerprint density at radius 2 is 1.83 bits per heavy atom. The number of hydrogen-bond acceptors (Lipinski definition) is 2. The molecule has 0 fully saturated rings. The quantitative estimate of drug-likeness (QED) is 0.608. The van der Waals surface area contributed by atoms with Crippen molar-refractivity contribution in [2.45, 2.75) is 38.0 Å². The van der Waals surface area contributed by atoms with E-state index in [1.54, 1.807) is 0 Å². The highest BCUT2D eigenvalue weighted by atomic mass is 28.2. The molecule has 0 saturated heterocycles. The fourth-order valence-corrected chi connectivity index (χ4v) is 3.64. The summed E-state index contributed by atoms with van der Waals surface area (Å²) in [6.07, 6.45) is 0. The second kappa shape index (κ2) is 9.08. The second-order valence-corrected chi connectivity index (χ2v) is 7.92. The van der Waals surface area contributed by atoms with Gasteiger partial charge in [0.1, 0.15) is 0 Å². The maximum Gasteiger partial charge on any atom is 0.0481 e. The van der Waals surface area contributed by atoms with E-state index in [-0.39, 0.29) is 14.7 Å². The molecular weight excluding hydrogens is 236 g/mol. The van der Waals surface area contributed by atoms with Gasteiger partial charge in [-0.25, -0.2) is 0 Å². The lowest BCUT2D eigenvalue weighted by molar-refractivity contribution is 0.449. The maximum absolute atomic E-state index is 5.64. The van der Waals surface area contributed by atoms with Gasteiger partial charge in [-0.1, -0.05) is 49.7 Å². The number of nitrogens with one attached hydrogen (secondary N) is 1. The van der Waals surface area contributed by atoms with Crippen LogP contribution in [0.15, 0.2) is 43.5 Å². The average Bonchev–Trinajstić information content (AvgIpc) is 2.39. The van der Waals surface area contributed by atoms with Crippen LogP contribution in [-0.4, -0.2) is 27.3 Å². The third kappa shape index (κ3) is 7.43. The molecule has 0 aliphatic heterocycles. The van der Waals surface area contributed by atoms with E-state index in [9.17, 15) is 0 Å². The van der Waals surface area contributed by atoms with Gasteiger partial charge in [0.25, 0.3) is 0 Å². The standard InChI is InChI=1S/C13H24N2Si.C2H4/c1-11(9-14)15-13(2,3)16-10-12-7-5-4-6-8-12;1-2/h4-8,11,15H,9-10,14,16H2,1-3H3;1-2H2. The molecule has 0 aliphatic carbocycles. The summed E-state index contributed by atoms with van der Waals surface area (Å²) in [6.45, 7) is 13.5. The molecule has 0 amide bonds. The molecule has 1 unspecified atom stereocenters. The first-order valence-electron chi connectivity index (χ1n) is 6.55. The van der Waals surface area contributed by atoms with Crippen molar-refractivity contribution >= 4 is 9.52 Å². The predicted molar refractivity (Wildman–Crippen MR) is 85.7 cm³/mol. The Morgan fingerprint density at radius 3 is 2.33 bits per heavy atom. The average molecular weight is 264 g/mol. The molecule has 102 valence electrons. The molecule has 1 aromatic rings. The SMILES string of the molecule is C=C.CC(CN)NC(C)(C)[SiH2]Cc1ccccc1. The van der Waals surface area contributed by atoms with Gasteiger partial charge in [0.05, 0.1) is 0 Å². The van der Waals surface area contributed by atoms with E-state index >= 15 is 0 Å². The summed E-state index contributed by atoms with van der Waals surface area (Å²) in [5, 5.41) is 3.90. The molecule has 1 aromatic carbocycles. The Kier molecular flexibility index (Phi) is 8.63. The van der Waals surface area contributed by atoms with E-state index in [0.717, 1.165) is 0 Å². The van der Waals surface area contributed by atoms with Gasteiger partial charge in [-0.2, -0.15) is 0 Å². The molecule has 0 saturated carbocycles. The monoisotopic (exact) mass is 264 g/mol. The molecule has 0 aromatic heterocycles. The van der Waals surface area contributed by atoms with Crippen molar-refractivity contribution in [1.29, 1.82) is 0 Å². The van der Waals surface area contributed by atoms with E-state index in [4.69, 9.17) is 5.73 Å². The van der Waals surface area contributed by atoms with E-state index < -0.39 is 0 Å².